The predicted octanol–water partition coefficient (Wildman–Crippen LogP) is 3.95. The molecular weight excluding hydrogens is 308 g/mol. The van der Waals surface area contributed by atoms with E-state index in [1.807, 2.05) is 25.1 Å². The summed E-state index contributed by atoms with van der Waals surface area (Å²) >= 11 is 1.49. The Labute approximate surface area is 141 Å². The predicted molar refractivity (Wildman–Crippen MR) is 94.4 cm³/mol. The van der Waals surface area contributed by atoms with Crippen LogP contribution >= 0.6 is 11.3 Å². The van der Waals surface area contributed by atoms with Gasteiger partial charge in [0.2, 0.25) is 0 Å². The molecule has 0 aliphatic heterocycles. The Morgan fingerprint density at radius 3 is 2.74 bits per heavy atom. The van der Waals surface area contributed by atoms with Crippen molar-refractivity contribution < 1.29 is 9.53 Å². The van der Waals surface area contributed by atoms with Crippen LogP contribution in [0, 0.1) is 6.92 Å². The van der Waals surface area contributed by atoms with Crippen LogP contribution in [0.4, 0.5) is 0 Å². The van der Waals surface area contributed by atoms with E-state index in [0.29, 0.717) is 12.2 Å². The number of hydrogen-bond acceptors (Lipinski definition) is 4. The molecule has 1 aromatic heterocycles. The fourth-order valence-corrected chi connectivity index (χ4v) is 3.25. The molecule has 4 nitrogen and oxygen atoms in total. The Kier molecular flexibility index (Phi) is 5.77. The highest BCUT2D eigenvalue weighted by atomic mass is 32.1. The highest BCUT2D eigenvalue weighted by molar-refractivity contribution is 7.09. The summed E-state index contributed by atoms with van der Waals surface area (Å²) in [7, 11) is 1.70. The number of aromatic nitrogens is 1. The largest absolute Gasteiger partial charge is 0.496 e. The Morgan fingerprint density at radius 1 is 1.39 bits per heavy atom. The zero-order chi connectivity index (χ0) is 16.9. The monoisotopic (exact) mass is 332 g/mol. The average molecular weight is 332 g/mol. The quantitative estimate of drug-likeness (QED) is 0.835. The van der Waals surface area contributed by atoms with E-state index in [4.69, 9.17) is 4.74 Å². The molecular formula is C18H24N2O2S. The molecule has 1 atom stereocenters. The molecule has 0 saturated carbocycles. The highest BCUT2D eigenvalue weighted by Crippen LogP contribution is 2.36. The Bertz CT molecular complexity index is 669. The summed E-state index contributed by atoms with van der Waals surface area (Å²) in [6, 6.07) is 8.10. The maximum Gasteiger partial charge on any atom is 0.270 e. The van der Waals surface area contributed by atoms with E-state index in [9.17, 15) is 4.79 Å². The first-order chi connectivity index (χ1) is 11.0. The number of amides is 1. The lowest BCUT2D eigenvalue weighted by atomic mass is 9.77. The van der Waals surface area contributed by atoms with Crippen LogP contribution in [0.15, 0.2) is 29.6 Å². The van der Waals surface area contributed by atoms with Crippen molar-refractivity contribution in [3.05, 3.63) is 45.9 Å². The van der Waals surface area contributed by atoms with Gasteiger partial charge in [0.05, 0.1) is 12.1 Å². The molecule has 0 bridgehead atoms. The van der Waals surface area contributed by atoms with E-state index in [0.717, 1.165) is 23.6 Å². The first-order valence-corrected chi connectivity index (χ1v) is 8.72. The molecule has 0 aliphatic rings. The van der Waals surface area contributed by atoms with E-state index in [1.54, 1.807) is 12.5 Å². The molecule has 0 spiro atoms. The molecule has 0 saturated heterocycles. The number of carbonyl (C=O) groups is 1. The standard InChI is InChI=1S/C18H24N2O2S/c1-5-18(3,14-8-6-7-9-16(14)22-4)10-11-19-17(21)15-12-23-13(2)20-15/h6-9,12H,5,10-11H2,1-4H3,(H,19,21)/t18-/m0/s1. The third-order valence-electron chi connectivity index (χ3n) is 4.35. The van der Waals surface area contributed by atoms with Crippen LogP contribution in [0.25, 0.3) is 0 Å². The molecule has 1 amide bonds. The molecule has 2 rings (SSSR count). The number of para-hydroxylation sites is 1. The zero-order valence-corrected chi connectivity index (χ0v) is 15.0. The topological polar surface area (TPSA) is 51.2 Å². The molecule has 0 aliphatic carbocycles. The minimum atomic E-state index is -0.104. The van der Waals surface area contributed by atoms with Crippen molar-refractivity contribution in [3.8, 4) is 5.75 Å². The second-order valence-corrected chi connectivity index (χ2v) is 6.93. The summed E-state index contributed by atoms with van der Waals surface area (Å²) in [5.41, 5.74) is 1.64. The van der Waals surface area contributed by atoms with Gasteiger partial charge in [-0.3, -0.25) is 4.79 Å². The number of nitrogens with one attached hydrogen (secondary N) is 1. The fourth-order valence-electron chi connectivity index (χ4n) is 2.66. The van der Waals surface area contributed by atoms with Crippen molar-refractivity contribution in [1.82, 2.24) is 10.3 Å². The third-order valence-corrected chi connectivity index (χ3v) is 5.13. The molecule has 23 heavy (non-hydrogen) atoms. The van der Waals surface area contributed by atoms with Gasteiger partial charge in [-0.2, -0.15) is 0 Å². The highest BCUT2D eigenvalue weighted by Gasteiger charge is 2.27. The van der Waals surface area contributed by atoms with Gasteiger partial charge in [-0.15, -0.1) is 11.3 Å². The summed E-state index contributed by atoms with van der Waals surface area (Å²) in [5, 5.41) is 5.67. The molecule has 5 heteroatoms. The fraction of sp³-hybridized carbons (Fsp3) is 0.444. The number of aryl methyl sites for hydroxylation is 1. The van der Waals surface area contributed by atoms with E-state index >= 15 is 0 Å². The molecule has 124 valence electrons. The van der Waals surface area contributed by atoms with Gasteiger partial charge in [0.1, 0.15) is 11.4 Å². The summed E-state index contributed by atoms with van der Waals surface area (Å²) in [4.78, 5) is 16.3. The molecule has 1 heterocycles. The SMILES string of the molecule is CC[C@@](C)(CCNC(=O)c1csc(C)n1)c1ccccc1OC. The van der Waals surface area contributed by atoms with Crippen LogP contribution < -0.4 is 10.1 Å². The second-order valence-electron chi connectivity index (χ2n) is 5.87. The first kappa shape index (κ1) is 17.5. The summed E-state index contributed by atoms with van der Waals surface area (Å²) in [6.45, 7) is 6.89. The van der Waals surface area contributed by atoms with Crippen molar-refractivity contribution in [1.29, 1.82) is 0 Å². The lowest BCUT2D eigenvalue weighted by Crippen LogP contribution is -2.31. The number of hydrogen-bond donors (Lipinski definition) is 1. The van der Waals surface area contributed by atoms with Gasteiger partial charge in [0.25, 0.3) is 5.91 Å². The van der Waals surface area contributed by atoms with Gasteiger partial charge >= 0.3 is 0 Å². The van der Waals surface area contributed by atoms with Crippen LogP contribution in [-0.2, 0) is 5.41 Å². The lowest BCUT2D eigenvalue weighted by molar-refractivity contribution is 0.0946. The summed E-state index contributed by atoms with van der Waals surface area (Å²) in [5.74, 6) is 0.797. The van der Waals surface area contributed by atoms with Crippen molar-refractivity contribution in [3.63, 3.8) is 0 Å². The number of rotatable bonds is 7. The van der Waals surface area contributed by atoms with Crippen molar-refractivity contribution >= 4 is 17.2 Å². The minimum absolute atomic E-state index is 0.0438. The minimum Gasteiger partial charge on any atom is -0.496 e. The number of carbonyl (C=O) groups excluding carboxylic acids is 1. The van der Waals surface area contributed by atoms with Gasteiger partial charge in [-0.25, -0.2) is 4.98 Å². The zero-order valence-electron chi connectivity index (χ0n) is 14.2. The Balaban J connectivity index is 2.03. The van der Waals surface area contributed by atoms with Crippen molar-refractivity contribution in [2.24, 2.45) is 0 Å². The van der Waals surface area contributed by atoms with Crippen molar-refractivity contribution in [2.45, 2.75) is 39.0 Å². The second kappa shape index (κ2) is 7.59. The summed E-state index contributed by atoms with van der Waals surface area (Å²) in [6.07, 6.45) is 1.82. The van der Waals surface area contributed by atoms with Crippen LogP contribution in [0.2, 0.25) is 0 Å². The maximum atomic E-state index is 12.1. The first-order valence-electron chi connectivity index (χ1n) is 7.84. The molecule has 0 fully saturated rings. The van der Waals surface area contributed by atoms with Crippen molar-refractivity contribution in [2.75, 3.05) is 13.7 Å². The molecule has 1 N–H and O–H groups in total. The molecule has 1 aromatic carbocycles. The van der Waals surface area contributed by atoms with E-state index in [1.165, 1.54) is 16.9 Å². The number of methoxy groups -OCH3 is 1. The Hall–Kier alpha value is -1.88. The van der Waals surface area contributed by atoms with E-state index in [-0.39, 0.29) is 11.3 Å². The number of benzene rings is 1. The van der Waals surface area contributed by atoms with Crippen LogP contribution in [-0.4, -0.2) is 24.5 Å². The maximum absolute atomic E-state index is 12.1. The van der Waals surface area contributed by atoms with Crippen LogP contribution in [0.1, 0.15) is 47.7 Å². The Morgan fingerprint density at radius 2 is 2.13 bits per heavy atom. The number of nitrogens with zero attached hydrogens (tertiary/aromatic N) is 1. The molecule has 0 radical (unpaired) electrons. The van der Waals surface area contributed by atoms with Crippen LogP contribution in [0.5, 0.6) is 5.75 Å². The van der Waals surface area contributed by atoms with Gasteiger partial charge in [0, 0.05) is 17.5 Å². The van der Waals surface area contributed by atoms with Gasteiger partial charge in [0.15, 0.2) is 0 Å². The molecule has 0 unspecified atom stereocenters. The van der Waals surface area contributed by atoms with E-state index in [2.05, 4.69) is 30.2 Å². The normalized spacial score (nSPS) is 13.4. The number of thiazole rings is 1. The average Bonchev–Trinajstić information content (AvgIpc) is 3.01. The van der Waals surface area contributed by atoms with Gasteiger partial charge in [-0.05, 0) is 31.2 Å². The van der Waals surface area contributed by atoms with Crippen LogP contribution in [0.3, 0.4) is 0 Å². The lowest BCUT2D eigenvalue weighted by Gasteiger charge is -2.30. The summed E-state index contributed by atoms with van der Waals surface area (Å²) < 4.78 is 5.50. The van der Waals surface area contributed by atoms with Gasteiger partial charge in [-0.1, -0.05) is 32.0 Å². The number of ether oxygens (including phenoxy) is 1. The third kappa shape index (κ3) is 4.10. The van der Waals surface area contributed by atoms with E-state index < -0.39 is 0 Å². The molecule has 2 aromatic rings. The van der Waals surface area contributed by atoms with Gasteiger partial charge < -0.3 is 10.1 Å². The smallest absolute Gasteiger partial charge is 0.270 e.